The molecule has 3 heterocycles. The van der Waals surface area contributed by atoms with Gasteiger partial charge in [0.25, 0.3) is 0 Å². The van der Waals surface area contributed by atoms with Crippen LogP contribution in [0.3, 0.4) is 0 Å². The van der Waals surface area contributed by atoms with Gasteiger partial charge in [-0.3, -0.25) is 14.7 Å². The summed E-state index contributed by atoms with van der Waals surface area (Å²) in [5, 5.41) is 0.544. The van der Waals surface area contributed by atoms with Gasteiger partial charge < -0.3 is 4.74 Å². The third kappa shape index (κ3) is 5.27. The summed E-state index contributed by atoms with van der Waals surface area (Å²) in [5.74, 6) is -0.658. The molecule has 198 valence electrons. The molecule has 2 aromatic carbocycles. The molecule has 8 nitrogen and oxygen atoms in total. The molecule has 0 unspecified atom stereocenters. The van der Waals surface area contributed by atoms with Crippen molar-refractivity contribution in [3.8, 4) is 5.75 Å². The third-order valence-electron chi connectivity index (χ3n) is 6.49. The highest BCUT2D eigenvalue weighted by Crippen LogP contribution is 2.36. The molecule has 1 saturated heterocycles. The van der Waals surface area contributed by atoms with Crippen molar-refractivity contribution in [1.82, 2.24) is 14.3 Å². The van der Waals surface area contributed by atoms with Gasteiger partial charge in [-0.25, -0.2) is 17.8 Å². The van der Waals surface area contributed by atoms with E-state index in [4.69, 9.17) is 9.72 Å². The van der Waals surface area contributed by atoms with Crippen LogP contribution >= 0.6 is 11.3 Å². The average molecular weight is 555 g/mol. The van der Waals surface area contributed by atoms with Crippen molar-refractivity contribution in [3.63, 3.8) is 0 Å². The number of rotatable bonds is 8. The fraction of sp³-hybridized carbons (Fsp3) is 0.296. The second-order valence-corrected chi connectivity index (χ2v) is 11.8. The Kier molecular flexibility index (Phi) is 7.68. The number of aromatic nitrogens is 2. The predicted octanol–water partition coefficient (Wildman–Crippen LogP) is 4.86. The molecule has 0 aliphatic carbocycles. The van der Waals surface area contributed by atoms with Gasteiger partial charge in [-0.05, 0) is 55.7 Å². The number of amides is 1. The van der Waals surface area contributed by atoms with Gasteiger partial charge in [-0.15, -0.1) is 0 Å². The van der Waals surface area contributed by atoms with Crippen LogP contribution in [0.15, 0.2) is 71.9 Å². The fourth-order valence-corrected chi connectivity index (χ4v) is 7.09. The smallest absolute Gasteiger partial charge is 0.245 e. The maximum Gasteiger partial charge on any atom is 0.245 e. The summed E-state index contributed by atoms with van der Waals surface area (Å²) in [6, 6.07) is 14.8. The van der Waals surface area contributed by atoms with E-state index in [0.717, 1.165) is 16.3 Å². The molecule has 1 aliphatic heterocycles. The topological polar surface area (TPSA) is 92.7 Å². The number of hydrogen-bond donors (Lipinski definition) is 0. The van der Waals surface area contributed by atoms with Crippen LogP contribution < -0.4 is 9.64 Å². The van der Waals surface area contributed by atoms with Crippen LogP contribution in [0.25, 0.3) is 10.2 Å². The number of piperidine rings is 1. The molecule has 11 heteroatoms. The summed E-state index contributed by atoms with van der Waals surface area (Å²) in [7, 11) is -3.99. The van der Waals surface area contributed by atoms with Gasteiger partial charge in [0.15, 0.2) is 5.13 Å². The first kappa shape index (κ1) is 26.2. The zero-order valence-corrected chi connectivity index (χ0v) is 22.4. The Balaban J connectivity index is 1.40. The van der Waals surface area contributed by atoms with E-state index in [9.17, 15) is 17.6 Å². The first-order valence-corrected chi connectivity index (χ1v) is 14.6. The number of anilines is 1. The van der Waals surface area contributed by atoms with Gasteiger partial charge in [0.05, 0.1) is 17.9 Å². The maximum atomic E-state index is 14.2. The Hall–Kier alpha value is -3.41. The van der Waals surface area contributed by atoms with E-state index in [1.54, 1.807) is 17.3 Å². The van der Waals surface area contributed by atoms with Crippen LogP contribution in [0.2, 0.25) is 0 Å². The van der Waals surface area contributed by atoms with E-state index in [-0.39, 0.29) is 30.4 Å². The van der Waals surface area contributed by atoms with Gasteiger partial charge in [0.2, 0.25) is 15.9 Å². The number of sulfonamides is 1. The average Bonchev–Trinajstić information content (AvgIpc) is 3.37. The highest BCUT2D eigenvalue weighted by Gasteiger charge is 2.36. The minimum atomic E-state index is -3.99. The van der Waals surface area contributed by atoms with Crippen LogP contribution in [0.4, 0.5) is 9.52 Å². The van der Waals surface area contributed by atoms with Crippen LogP contribution in [-0.4, -0.2) is 48.3 Å². The minimum absolute atomic E-state index is 0.127. The molecular formula is C27H27FN4O4S2. The molecule has 38 heavy (non-hydrogen) atoms. The zero-order valence-electron chi connectivity index (χ0n) is 20.8. The molecule has 0 saturated carbocycles. The molecular weight excluding hydrogens is 527 g/mol. The summed E-state index contributed by atoms with van der Waals surface area (Å²) in [6.45, 7) is 2.94. The Morgan fingerprint density at radius 2 is 1.92 bits per heavy atom. The molecule has 1 fully saturated rings. The molecule has 1 amide bonds. The highest BCUT2D eigenvalue weighted by atomic mass is 32.2. The lowest BCUT2D eigenvalue weighted by atomic mass is 9.96. The van der Waals surface area contributed by atoms with Crippen LogP contribution in [-0.2, 0) is 21.4 Å². The number of para-hydroxylation sites is 1. The van der Waals surface area contributed by atoms with Crippen molar-refractivity contribution >= 4 is 42.6 Å². The predicted molar refractivity (Wildman–Crippen MR) is 144 cm³/mol. The number of halogens is 1. The second-order valence-electron chi connectivity index (χ2n) is 8.93. The van der Waals surface area contributed by atoms with E-state index in [1.165, 1.54) is 33.8 Å². The van der Waals surface area contributed by atoms with Crippen LogP contribution in [0, 0.1) is 11.7 Å². The SMILES string of the molecule is CCOc1cccc2sc(N(Cc3cccnc3)C(=O)C3CCN(S(=O)(=O)c4ccccc4F)CC3)nc12. The first-order chi connectivity index (χ1) is 18.4. The van der Waals surface area contributed by atoms with Crippen molar-refractivity contribution in [2.24, 2.45) is 5.92 Å². The van der Waals surface area contributed by atoms with E-state index >= 15 is 0 Å². The van der Waals surface area contributed by atoms with E-state index in [2.05, 4.69) is 4.98 Å². The van der Waals surface area contributed by atoms with E-state index in [0.29, 0.717) is 35.8 Å². The van der Waals surface area contributed by atoms with Crippen molar-refractivity contribution < 1.29 is 22.3 Å². The minimum Gasteiger partial charge on any atom is -0.492 e. The van der Waals surface area contributed by atoms with Crippen molar-refractivity contribution in [2.75, 3.05) is 24.6 Å². The summed E-state index contributed by atoms with van der Waals surface area (Å²) in [4.78, 5) is 24.2. The number of pyridine rings is 1. The van der Waals surface area contributed by atoms with Gasteiger partial charge in [0.1, 0.15) is 22.0 Å². The monoisotopic (exact) mass is 554 g/mol. The number of ether oxygens (including phenoxy) is 1. The first-order valence-electron chi connectivity index (χ1n) is 12.4. The number of carbonyl (C=O) groups excluding carboxylic acids is 1. The molecule has 0 atom stereocenters. The molecule has 0 radical (unpaired) electrons. The molecule has 0 N–H and O–H groups in total. The van der Waals surface area contributed by atoms with Crippen molar-refractivity contribution in [2.45, 2.75) is 31.2 Å². The van der Waals surface area contributed by atoms with Gasteiger partial charge >= 0.3 is 0 Å². The lowest BCUT2D eigenvalue weighted by molar-refractivity contribution is -0.123. The number of hydrogen-bond acceptors (Lipinski definition) is 7. The number of fused-ring (bicyclic) bond motifs is 1. The molecule has 0 bridgehead atoms. The molecule has 4 aromatic rings. The number of carbonyl (C=O) groups is 1. The second kappa shape index (κ2) is 11.1. The van der Waals surface area contributed by atoms with Gasteiger partial charge in [-0.1, -0.05) is 35.6 Å². The Bertz CT molecular complexity index is 1540. The quantitative estimate of drug-likeness (QED) is 0.309. The molecule has 2 aromatic heterocycles. The van der Waals surface area contributed by atoms with Gasteiger partial charge in [-0.2, -0.15) is 4.31 Å². The fourth-order valence-electron chi connectivity index (χ4n) is 4.57. The van der Waals surface area contributed by atoms with E-state index in [1.807, 2.05) is 37.3 Å². The lowest BCUT2D eigenvalue weighted by Gasteiger charge is -2.33. The Labute approximate surface area is 224 Å². The molecule has 0 spiro atoms. The van der Waals surface area contributed by atoms with Crippen LogP contribution in [0.1, 0.15) is 25.3 Å². The largest absolute Gasteiger partial charge is 0.492 e. The molecule has 1 aliphatic rings. The summed E-state index contributed by atoms with van der Waals surface area (Å²) < 4.78 is 48.2. The lowest BCUT2D eigenvalue weighted by Crippen LogP contribution is -2.44. The van der Waals surface area contributed by atoms with Crippen molar-refractivity contribution in [1.29, 1.82) is 0 Å². The van der Waals surface area contributed by atoms with E-state index < -0.39 is 21.8 Å². The normalized spacial score (nSPS) is 15.0. The maximum absolute atomic E-state index is 14.2. The summed E-state index contributed by atoms with van der Waals surface area (Å²) in [5.41, 5.74) is 1.55. The summed E-state index contributed by atoms with van der Waals surface area (Å²) >= 11 is 1.41. The zero-order chi connectivity index (χ0) is 26.7. The van der Waals surface area contributed by atoms with Gasteiger partial charge in [0, 0.05) is 31.4 Å². The number of thiazole rings is 1. The molecule has 5 rings (SSSR count). The summed E-state index contributed by atoms with van der Waals surface area (Å²) in [6.07, 6.45) is 4.03. The Morgan fingerprint density at radius 3 is 2.63 bits per heavy atom. The highest BCUT2D eigenvalue weighted by molar-refractivity contribution is 7.89. The number of benzene rings is 2. The Morgan fingerprint density at radius 1 is 1.13 bits per heavy atom. The third-order valence-corrected chi connectivity index (χ3v) is 9.46. The van der Waals surface area contributed by atoms with Crippen LogP contribution in [0.5, 0.6) is 5.75 Å². The standard InChI is InChI=1S/C27H27FN4O4S2/c1-2-36-22-9-5-10-23-25(22)30-27(37-23)32(18-19-7-6-14-29-17-19)26(33)20-12-15-31(16-13-20)38(34,35)24-11-4-3-8-21(24)28/h3-11,14,17,20H,2,12-13,15-16,18H2,1H3. The van der Waals surface area contributed by atoms with Crippen molar-refractivity contribution in [3.05, 3.63) is 78.4 Å². The number of nitrogens with zero attached hydrogens (tertiary/aromatic N) is 4.